The van der Waals surface area contributed by atoms with Crippen molar-refractivity contribution >= 4 is 22.5 Å². The molecule has 7 heteroatoms. The number of hydrogen-bond acceptors (Lipinski definition) is 6. The number of carbonyl (C=O) groups excluding carboxylic acids is 1. The Morgan fingerprint density at radius 2 is 1.90 bits per heavy atom. The van der Waals surface area contributed by atoms with E-state index in [9.17, 15) is 4.79 Å². The van der Waals surface area contributed by atoms with Crippen molar-refractivity contribution in [1.82, 2.24) is 19.8 Å². The number of likely N-dealkylation sites (tertiary alicyclic amines) is 1. The van der Waals surface area contributed by atoms with Crippen LogP contribution in [0.4, 0.5) is 5.69 Å². The van der Waals surface area contributed by atoms with E-state index in [1.54, 1.807) is 6.33 Å². The van der Waals surface area contributed by atoms with E-state index in [4.69, 9.17) is 4.74 Å². The highest BCUT2D eigenvalue weighted by Crippen LogP contribution is 2.31. The summed E-state index contributed by atoms with van der Waals surface area (Å²) in [5.74, 6) is 1.01. The van der Waals surface area contributed by atoms with Crippen molar-refractivity contribution in [3.63, 3.8) is 0 Å². The first kappa shape index (κ1) is 19.5. The van der Waals surface area contributed by atoms with E-state index in [0.717, 1.165) is 75.2 Å². The topological polar surface area (TPSA) is 61.8 Å². The van der Waals surface area contributed by atoms with Crippen LogP contribution in [0.15, 0.2) is 24.5 Å². The van der Waals surface area contributed by atoms with Gasteiger partial charge < -0.3 is 14.5 Å². The van der Waals surface area contributed by atoms with E-state index in [0.29, 0.717) is 24.5 Å². The summed E-state index contributed by atoms with van der Waals surface area (Å²) in [4.78, 5) is 27.7. The Balaban J connectivity index is 1.24. The van der Waals surface area contributed by atoms with E-state index in [1.165, 1.54) is 12.1 Å². The van der Waals surface area contributed by atoms with Gasteiger partial charge in [0.15, 0.2) is 0 Å². The molecule has 0 radical (unpaired) electrons. The molecule has 0 spiro atoms. The molecule has 0 N–H and O–H groups in total. The molecule has 3 heterocycles. The monoisotopic (exact) mass is 409 g/mol. The molecule has 7 nitrogen and oxygen atoms in total. The molecule has 2 saturated heterocycles. The Hall–Kier alpha value is -2.41. The maximum Gasteiger partial charge on any atom is 0.224 e. The molecule has 1 aromatic heterocycles. The summed E-state index contributed by atoms with van der Waals surface area (Å²) < 4.78 is 6.12. The molecular formula is C23H31N5O2. The summed E-state index contributed by atoms with van der Waals surface area (Å²) >= 11 is 0. The van der Waals surface area contributed by atoms with Crippen molar-refractivity contribution in [2.75, 3.05) is 44.7 Å². The third kappa shape index (κ3) is 3.95. The highest BCUT2D eigenvalue weighted by Gasteiger charge is 2.28. The first-order valence-electron chi connectivity index (χ1n) is 11.3. The van der Waals surface area contributed by atoms with Crippen molar-refractivity contribution in [3.05, 3.63) is 24.5 Å². The molecule has 1 amide bonds. The molecule has 160 valence electrons. The van der Waals surface area contributed by atoms with Gasteiger partial charge in [0, 0.05) is 57.9 Å². The number of piperazine rings is 1. The minimum absolute atomic E-state index is 0.295. The Labute approximate surface area is 178 Å². The summed E-state index contributed by atoms with van der Waals surface area (Å²) in [5, 5.41) is 1.01. The lowest BCUT2D eigenvalue weighted by molar-refractivity contribution is -0.135. The van der Waals surface area contributed by atoms with Gasteiger partial charge in [0.2, 0.25) is 11.8 Å². The largest absolute Gasteiger partial charge is 0.474 e. The normalized spacial score (nSPS) is 23.6. The van der Waals surface area contributed by atoms with Gasteiger partial charge in [-0.05, 0) is 50.3 Å². The molecule has 0 bridgehead atoms. The number of fused-ring (bicyclic) bond motifs is 1. The third-order valence-corrected chi connectivity index (χ3v) is 6.99. The number of ether oxygens (including phenoxy) is 1. The number of piperidine rings is 1. The molecule has 1 unspecified atom stereocenters. The number of aromatic nitrogens is 2. The summed E-state index contributed by atoms with van der Waals surface area (Å²) in [7, 11) is 1.96. The van der Waals surface area contributed by atoms with Gasteiger partial charge in [0.05, 0.1) is 10.9 Å². The molecule has 1 saturated carbocycles. The number of likely N-dealkylation sites (N-methyl/N-ethyl adjacent to an activating group) is 1. The van der Waals surface area contributed by atoms with Gasteiger partial charge in [-0.1, -0.05) is 0 Å². The predicted octanol–water partition coefficient (Wildman–Crippen LogP) is 2.69. The van der Waals surface area contributed by atoms with Crippen molar-refractivity contribution in [1.29, 1.82) is 0 Å². The highest BCUT2D eigenvalue weighted by molar-refractivity contribution is 5.86. The second kappa shape index (κ2) is 8.38. The van der Waals surface area contributed by atoms with Crippen molar-refractivity contribution < 1.29 is 9.53 Å². The molecular weight excluding hydrogens is 378 g/mol. The Kier molecular flexibility index (Phi) is 5.46. The first-order chi connectivity index (χ1) is 14.7. The smallest absolute Gasteiger partial charge is 0.224 e. The van der Waals surface area contributed by atoms with E-state index in [-0.39, 0.29) is 0 Å². The second-order valence-corrected chi connectivity index (χ2v) is 8.89. The zero-order chi connectivity index (χ0) is 20.5. The zero-order valence-electron chi connectivity index (χ0n) is 17.8. The van der Waals surface area contributed by atoms with Crippen LogP contribution in [-0.2, 0) is 4.79 Å². The molecule has 2 aromatic rings. The van der Waals surface area contributed by atoms with Gasteiger partial charge in [-0.2, -0.15) is 0 Å². The summed E-state index contributed by atoms with van der Waals surface area (Å²) in [6.45, 7) is 5.01. The second-order valence-electron chi connectivity index (χ2n) is 8.89. The van der Waals surface area contributed by atoms with Gasteiger partial charge in [-0.3, -0.25) is 9.69 Å². The number of benzene rings is 1. The van der Waals surface area contributed by atoms with Crippen LogP contribution in [0, 0.1) is 0 Å². The molecule has 1 aliphatic carbocycles. The van der Waals surface area contributed by atoms with Crippen LogP contribution in [0.1, 0.15) is 38.5 Å². The molecule has 2 aliphatic heterocycles. The lowest BCUT2D eigenvalue weighted by atomic mass is 9.96. The Bertz CT molecular complexity index is 908. The molecule has 30 heavy (non-hydrogen) atoms. The van der Waals surface area contributed by atoms with Crippen LogP contribution in [0.25, 0.3) is 10.9 Å². The number of nitrogens with zero attached hydrogens (tertiary/aromatic N) is 5. The number of rotatable bonds is 5. The lowest BCUT2D eigenvalue weighted by Gasteiger charge is -2.40. The maximum absolute atomic E-state index is 12.0. The standard InChI is InChI=1S/C23H31N5O2/c1-26-18(4-2-7-22(26)29)15-27-10-12-28(13-11-27)17-8-9-21-20(14-17)23(25-16-24-21)30-19-5-3-6-19/h8-9,14,16,18-19H,2-7,10-13,15H2,1H3. The minimum atomic E-state index is 0.295. The molecule has 3 fully saturated rings. The van der Waals surface area contributed by atoms with Crippen molar-refractivity contribution in [2.24, 2.45) is 0 Å². The quantitative estimate of drug-likeness (QED) is 0.757. The number of anilines is 1. The van der Waals surface area contributed by atoms with E-state index in [2.05, 4.69) is 38.0 Å². The van der Waals surface area contributed by atoms with Crippen LogP contribution in [0.5, 0.6) is 5.88 Å². The average Bonchev–Trinajstić information content (AvgIpc) is 2.74. The van der Waals surface area contributed by atoms with Crippen LogP contribution in [0.2, 0.25) is 0 Å². The number of amides is 1. The van der Waals surface area contributed by atoms with Gasteiger partial charge >= 0.3 is 0 Å². The Morgan fingerprint density at radius 1 is 1.07 bits per heavy atom. The summed E-state index contributed by atoms with van der Waals surface area (Å²) in [6.07, 6.45) is 8.24. The van der Waals surface area contributed by atoms with Gasteiger partial charge in [0.1, 0.15) is 12.4 Å². The van der Waals surface area contributed by atoms with Crippen molar-refractivity contribution in [3.8, 4) is 5.88 Å². The molecule has 5 rings (SSSR count). The molecule has 1 atom stereocenters. The third-order valence-electron chi connectivity index (χ3n) is 6.99. The fourth-order valence-electron chi connectivity index (χ4n) is 4.72. The fraction of sp³-hybridized carbons (Fsp3) is 0.609. The highest BCUT2D eigenvalue weighted by atomic mass is 16.5. The first-order valence-corrected chi connectivity index (χ1v) is 11.3. The van der Waals surface area contributed by atoms with Crippen LogP contribution in [-0.4, -0.2) is 77.6 Å². The van der Waals surface area contributed by atoms with Gasteiger partial charge in [0.25, 0.3) is 0 Å². The zero-order valence-corrected chi connectivity index (χ0v) is 17.8. The fourth-order valence-corrected chi connectivity index (χ4v) is 4.72. The predicted molar refractivity (Wildman–Crippen MR) is 117 cm³/mol. The molecule has 1 aromatic carbocycles. The van der Waals surface area contributed by atoms with Crippen LogP contribution >= 0.6 is 0 Å². The summed E-state index contributed by atoms with van der Waals surface area (Å²) in [5.41, 5.74) is 2.15. The van der Waals surface area contributed by atoms with Gasteiger partial charge in [-0.25, -0.2) is 9.97 Å². The molecule has 3 aliphatic rings. The summed E-state index contributed by atoms with van der Waals surface area (Å²) in [6, 6.07) is 6.79. The SMILES string of the molecule is CN1C(=O)CCCC1CN1CCN(c2ccc3ncnc(OC4CCC4)c3c2)CC1. The maximum atomic E-state index is 12.0. The van der Waals surface area contributed by atoms with Crippen molar-refractivity contribution in [2.45, 2.75) is 50.7 Å². The lowest BCUT2D eigenvalue weighted by Crippen LogP contribution is -2.52. The average molecular weight is 410 g/mol. The minimum Gasteiger partial charge on any atom is -0.474 e. The van der Waals surface area contributed by atoms with E-state index in [1.807, 2.05) is 11.9 Å². The van der Waals surface area contributed by atoms with E-state index < -0.39 is 0 Å². The van der Waals surface area contributed by atoms with Crippen LogP contribution < -0.4 is 9.64 Å². The van der Waals surface area contributed by atoms with E-state index >= 15 is 0 Å². The number of carbonyl (C=O) groups is 1. The number of hydrogen-bond donors (Lipinski definition) is 0. The van der Waals surface area contributed by atoms with Gasteiger partial charge in [-0.15, -0.1) is 0 Å². The van der Waals surface area contributed by atoms with Crippen LogP contribution in [0.3, 0.4) is 0 Å². The Morgan fingerprint density at radius 3 is 2.67 bits per heavy atom.